The molecule has 3 nitrogen and oxygen atoms in total. The highest BCUT2D eigenvalue weighted by molar-refractivity contribution is 5.75. The van der Waals surface area contributed by atoms with E-state index in [9.17, 15) is 4.79 Å². The van der Waals surface area contributed by atoms with Gasteiger partial charge in [0.05, 0.1) is 0 Å². The maximum atomic E-state index is 11.3. The molecule has 0 spiro atoms. The second kappa shape index (κ2) is 6.00. The number of hydrogen-bond donors (Lipinski definition) is 1. The van der Waals surface area contributed by atoms with Crippen LogP contribution in [0.25, 0.3) is 0 Å². The lowest BCUT2D eigenvalue weighted by Crippen LogP contribution is -2.31. The first-order valence-corrected chi connectivity index (χ1v) is 4.52. The molecule has 72 valence electrons. The van der Waals surface area contributed by atoms with E-state index in [1.165, 1.54) is 0 Å². The number of amides is 1. The minimum absolute atomic E-state index is 0.203. The summed E-state index contributed by atoms with van der Waals surface area (Å²) in [5.41, 5.74) is 5.33. The lowest BCUT2D eigenvalue weighted by molar-refractivity contribution is -0.130. The third-order valence-electron chi connectivity index (χ3n) is 1.83. The molecule has 0 aromatic carbocycles. The summed E-state index contributed by atoms with van der Waals surface area (Å²) >= 11 is 0. The molecule has 0 saturated carbocycles. The molecule has 0 rings (SSSR count). The lowest BCUT2D eigenvalue weighted by atomic mass is 10.1. The summed E-state index contributed by atoms with van der Waals surface area (Å²) in [7, 11) is 1.80. The monoisotopic (exact) mass is 172 g/mol. The first-order valence-electron chi connectivity index (χ1n) is 4.52. The maximum Gasteiger partial charge on any atom is 0.222 e. The summed E-state index contributed by atoms with van der Waals surface area (Å²) in [6, 6.07) is 0. The summed E-state index contributed by atoms with van der Waals surface area (Å²) in [4.78, 5) is 13.0. The van der Waals surface area contributed by atoms with Crippen LogP contribution in [0.15, 0.2) is 0 Å². The third kappa shape index (κ3) is 5.13. The van der Waals surface area contributed by atoms with Gasteiger partial charge in [-0.3, -0.25) is 4.79 Å². The van der Waals surface area contributed by atoms with E-state index in [-0.39, 0.29) is 5.91 Å². The molecular weight excluding hydrogens is 152 g/mol. The molecule has 0 heterocycles. The number of nitrogens with two attached hydrogens (primary N) is 1. The molecule has 0 aliphatic rings. The Kier molecular flexibility index (Phi) is 5.72. The van der Waals surface area contributed by atoms with Crippen LogP contribution in [-0.2, 0) is 4.79 Å². The van der Waals surface area contributed by atoms with Crippen molar-refractivity contribution in [2.75, 3.05) is 20.1 Å². The molecule has 0 aliphatic carbocycles. The molecule has 0 atom stereocenters. The topological polar surface area (TPSA) is 46.3 Å². The standard InChI is InChI=1S/C9H20N2O/c1-8(2)4-5-9(12)11(3)7-6-10/h8H,4-7,10H2,1-3H3. The predicted molar refractivity (Wildman–Crippen MR) is 50.8 cm³/mol. The molecule has 0 aromatic rings. The van der Waals surface area contributed by atoms with Crippen molar-refractivity contribution in [2.45, 2.75) is 26.7 Å². The van der Waals surface area contributed by atoms with Crippen LogP contribution in [0.5, 0.6) is 0 Å². The smallest absolute Gasteiger partial charge is 0.222 e. The maximum absolute atomic E-state index is 11.3. The Labute approximate surface area is 74.9 Å². The van der Waals surface area contributed by atoms with Crippen molar-refractivity contribution in [1.29, 1.82) is 0 Å². The highest BCUT2D eigenvalue weighted by Gasteiger charge is 2.07. The van der Waals surface area contributed by atoms with Gasteiger partial charge >= 0.3 is 0 Å². The molecular formula is C9H20N2O. The average molecular weight is 172 g/mol. The van der Waals surface area contributed by atoms with Crippen LogP contribution in [0.4, 0.5) is 0 Å². The fourth-order valence-electron chi connectivity index (χ4n) is 0.921. The molecule has 3 heteroatoms. The van der Waals surface area contributed by atoms with Crippen LogP contribution >= 0.6 is 0 Å². The van der Waals surface area contributed by atoms with Crippen molar-refractivity contribution in [3.05, 3.63) is 0 Å². The predicted octanol–water partition coefficient (Wildman–Crippen LogP) is 0.840. The van der Waals surface area contributed by atoms with E-state index in [2.05, 4.69) is 13.8 Å². The van der Waals surface area contributed by atoms with Crippen molar-refractivity contribution in [3.8, 4) is 0 Å². The Hall–Kier alpha value is -0.570. The summed E-state index contributed by atoms with van der Waals surface area (Å²) in [5.74, 6) is 0.800. The molecule has 1 amide bonds. The zero-order chi connectivity index (χ0) is 9.56. The first-order chi connectivity index (χ1) is 5.57. The number of rotatable bonds is 5. The van der Waals surface area contributed by atoms with Gasteiger partial charge in [0.2, 0.25) is 5.91 Å². The summed E-state index contributed by atoms with van der Waals surface area (Å²) in [5, 5.41) is 0. The highest BCUT2D eigenvalue weighted by atomic mass is 16.2. The second-order valence-electron chi connectivity index (χ2n) is 3.54. The molecule has 0 saturated heterocycles. The van der Waals surface area contributed by atoms with Gasteiger partial charge in [-0.25, -0.2) is 0 Å². The number of carbonyl (C=O) groups is 1. The third-order valence-corrected chi connectivity index (χ3v) is 1.83. The van der Waals surface area contributed by atoms with Crippen molar-refractivity contribution in [2.24, 2.45) is 11.7 Å². The van der Waals surface area contributed by atoms with Gasteiger partial charge in [0.15, 0.2) is 0 Å². The lowest BCUT2D eigenvalue weighted by Gasteiger charge is -2.16. The van der Waals surface area contributed by atoms with Gasteiger partial charge in [-0.15, -0.1) is 0 Å². The summed E-state index contributed by atoms with van der Waals surface area (Å²) in [6.07, 6.45) is 1.61. The summed E-state index contributed by atoms with van der Waals surface area (Å²) in [6.45, 7) is 5.45. The van der Waals surface area contributed by atoms with Gasteiger partial charge < -0.3 is 10.6 Å². The minimum Gasteiger partial charge on any atom is -0.344 e. The van der Waals surface area contributed by atoms with E-state index in [0.29, 0.717) is 25.4 Å². The second-order valence-corrected chi connectivity index (χ2v) is 3.54. The zero-order valence-corrected chi connectivity index (χ0v) is 8.34. The SMILES string of the molecule is CC(C)CCC(=O)N(C)CCN. The van der Waals surface area contributed by atoms with E-state index >= 15 is 0 Å². The van der Waals surface area contributed by atoms with Crippen LogP contribution in [-0.4, -0.2) is 30.9 Å². The Morgan fingerprint density at radius 3 is 2.50 bits per heavy atom. The van der Waals surface area contributed by atoms with Crippen molar-refractivity contribution >= 4 is 5.91 Å². The van der Waals surface area contributed by atoms with Gasteiger partial charge in [-0.2, -0.15) is 0 Å². The quantitative estimate of drug-likeness (QED) is 0.668. The Balaban J connectivity index is 3.57. The Morgan fingerprint density at radius 2 is 2.08 bits per heavy atom. The highest BCUT2D eigenvalue weighted by Crippen LogP contribution is 2.04. The average Bonchev–Trinajstić information content (AvgIpc) is 2.00. The summed E-state index contributed by atoms with van der Waals surface area (Å²) < 4.78 is 0. The van der Waals surface area contributed by atoms with Crippen molar-refractivity contribution < 1.29 is 4.79 Å². The number of nitrogens with zero attached hydrogens (tertiary/aromatic N) is 1. The number of carbonyl (C=O) groups excluding carboxylic acids is 1. The largest absolute Gasteiger partial charge is 0.344 e. The fraction of sp³-hybridized carbons (Fsp3) is 0.889. The molecule has 0 bridgehead atoms. The van der Waals surface area contributed by atoms with Crippen LogP contribution in [0.2, 0.25) is 0 Å². The normalized spacial score (nSPS) is 10.4. The van der Waals surface area contributed by atoms with E-state index in [0.717, 1.165) is 6.42 Å². The molecule has 0 aromatic heterocycles. The fourth-order valence-corrected chi connectivity index (χ4v) is 0.921. The van der Waals surface area contributed by atoms with Crippen molar-refractivity contribution in [1.82, 2.24) is 4.90 Å². The van der Waals surface area contributed by atoms with Gasteiger partial charge in [0, 0.05) is 26.6 Å². The van der Waals surface area contributed by atoms with Crippen LogP contribution < -0.4 is 5.73 Å². The first kappa shape index (κ1) is 11.4. The Morgan fingerprint density at radius 1 is 1.50 bits per heavy atom. The van der Waals surface area contributed by atoms with Crippen LogP contribution in [0.3, 0.4) is 0 Å². The minimum atomic E-state index is 0.203. The van der Waals surface area contributed by atoms with Crippen molar-refractivity contribution in [3.63, 3.8) is 0 Å². The molecule has 0 unspecified atom stereocenters. The number of hydrogen-bond acceptors (Lipinski definition) is 2. The van der Waals surface area contributed by atoms with Gasteiger partial charge in [0.25, 0.3) is 0 Å². The Bertz CT molecular complexity index is 134. The molecule has 12 heavy (non-hydrogen) atoms. The van der Waals surface area contributed by atoms with Crippen LogP contribution in [0.1, 0.15) is 26.7 Å². The molecule has 0 fully saturated rings. The van der Waals surface area contributed by atoms with Gasteiger partial charge in [0.1, 0.15) is 0 Å². The van der Waals surface area contributed by atoms with Crippen LogP contribution in [0, 0.1) is 5.92 Å². The molecule has 0 radical (unpaired) electrons. The van der Waals surface area contributed by atoms with Gasteiger partial charge in [-0.1, -0.05) is 13.8 Å². The number of likely N-dealkylation sites (N-methyl/N-ethyl adjacent to an activating group) is 1. The zero-order valence-electron chi connectivity index (χ0n) is 8.34. The van der Waals surface area contributed by atoms with Gasteiger partial charge in [-0.05, 0) is 12.3 Å². The van der Waals surface area contributed by atoms with E-state index in [4.69, 9.17) is 5.73 Å². The molecule has 0 aliphatic heterocycles. The molecule has 2 N–H and O–H groups in total. The van der Waals surface area contributed by atoms with E-state index in [1.54, 1.807) is 11.9 Å². The van der Waals surface area contributed by atoms with E-state index < -0.39 is 0 Å². The van der Waals surface area contributed by atoms with E-state index in [1.807, 2.05) is 0 Å².